The number of hydrogen-bond donors (Lipinski definition) is 5. The number of amides is 3. The lowest BCUT2D eigenvalue weighted by atomic mass is 9.94. The van der Waals surface area contributed by atoms with Crippen molar-refractivity contribution in [3.63, 3.8) is 0 Å². The van der Waals surface area contributed by atoms with Crippen LogP contribution in [-0.2, 0) is 19.0 Å². The van der Waals surface area contributed by atoms with Crippen LogP contribution in [0.3, 0.4) is 0 Å². The van der Waals surface area contributed by atoms with E-state index in [1.54, 1.807) is 20.8 Å². The Morgan fingerprint density at radius 3 is 2.33 bits per heavy atom. The lowest BCUT2D eigenvalue weighted by Crippen LogP contribution is -2.37. The number of nitrogens with zero attached hydrogens (tertiary/aromatic N) is 1. The second kappa shape index (κ2) is 17.7. The molecule has 0 radical (unpaired) electrons. The quantitative estimate of drug-likeness (QED) is 0.0638. The molecule has 1 saturated carbocycles. The van der Waals surface area contributed by atoms with E-state index in [9.17, 15) is 24.0 Å². The number of aromatic nitrogens is 1. The first-order chi connectivity index (χ1) is 24.9. The van der Waals surface area contributed by atoms with Gasteiger partial charge in [0.2, 0.25) is 6.79 Å². The number of pyridine rings is 1. The van der Waals surface area contributed by atoms with Crippen LogP contribution in [-0.4, -0.2) is 73.8 Å². The number of methoxy groups -OCH3 is 1. The van der Waals surface area contributed by atoms with Gasteiger partial charge in [0, 0.05) is 40.0 Å². The molecule has 1 aliphatic carbocycles. The van der Waals surface area contributed by atoms with Crippen LogP contribution in [0, 0.1) is 17.2 Å². The van der Waals surface area contributed by atoms with Crippen molar-refractivity contribution in [2.75, 3.05) is 32.4 Å². The Bertz CT molecular complexity index is 1850. The van der Waals surface area contributed by atoms with Crippen LogP contribution in [0.25, 0.3) is 17.2 Å². The normalized spacial score (nSPS) is 12.6. The summed E-state index contributed by atoms with van der Waals surface area (Å²) in [6.07, 6.45) is 2.75. The van der Waals surface area contributed by atoms with Gasteiger partial charge in [-0.25, -0.2) is 14.6 Å². The Kier molecular flexibility index (Phi) is 13.2. The molecule has 1 atom stereocenters. The third-order valence-corrected chi connectivity index (χ3v) is 8.01. The predicted octanol–water partition coefficient (Wildman–Crippen LogP) is 4.50. The Labute approximate surface area is 300 Å². The number of nitrogens with two attached hydrogens (primary N) is 1. The van der Waals surface area contributed by atoms with E-state index >= 15 is 0 Å². The molecule has 1 heterocycles. The average Bonchev–Trinajstić information content (AvgIpc) is 3.97. The molecule has 3 amide bonds. The Balaban J connectivity index is 1.70. The van der Waals surface area contributed by atoms with E-state index in [0.717, 1.165) is 12.8 Å². The molecule has 274 valence electrons. The van der Waals surface area contributed by atoms with Crippen LogP contribution in [0.15, 0.2) is 55.1 Å². The number of amidine groups is 1. The van der Waals surface area contributed by atoms with Crippen molar-refractivity contribution < 1.29 is 42.9 Å². The second-order valence-corrected chi connectivity index (χ2v) is 12.1. The van der Waals surface area contributed by atoms with Crippen LogP contribution in [0.2, 0.25) is 0 Å². The van der Waals surface area contributed by atoms with Crippen molar-refractivity contribution in [3.05, 3.63) is 83.2 Å². The number of rotatable bonds is 15. The summed E-state index contributed by atoms with van der Waals surface area (Å²) in [6, 6.07) is 11.1. The third kappa shape index (κ3) is 10.0. The van der Waals surface area contributed by atoms with Crippen molar-refractivity contribution in [2.24, 2.45) is 17.6 Å². The molecule has 2 aromatic carbocycles. The third-order valence-electron chi connectivity index (χ3n) is 8.01. The van der Waals surface area contributed by atoms with E-state index in [1.165, 1.54) is 61.7 Å². The van der Waals surface area contributed by atoms with E-state index < -0.39 is 42.7 Å². The monoisotopic (exact) mass is 714 g/mol. The number of anilines is 1. The number of esters is 2. The lowest BCUT2D eigenvalue weighted by Gasteiger charge is -2.18. The van der Waals surface area contributed by atoms with Crippen LogP contribution < -0.4 is 26.4 Å². The number of benzene rings is 2. The van der Waals surface area contributed by atoms with Crippen molar-refractivity contribution in [2.45, 2.75) is 39.7 Å². The van der Waals surface area contributed by atoms with Gasteiger partial charge in [-0.15, -0.1) is 0 Å². The highest BCUT2D eigenvalue weighted by atomic mass is 16.7. The van der Waals surface area contributed by atoms with Gasteiger partial charge >= 0.3 is 18.0 Å². The second-order valence-electron chi connectivity index (χ2n) is 12.1. The Morgan fingerprint density at radius 1 is 1.00 bits per heavy atom. The highest BCUT2D eigenvalue weighted by molar-refractivity contribution is 6.11. The fourth-order valence-electron chi connectivity index (χ4n) is 4.79. The first-order valence-corrected chi connectivity index (χ1v) is 16.5. The van der Waals surface area contributed by atoms with Crippen LogP contribution >= 0.6 is 0 Å². The SMILES string of the molecule is C=Cc1cc(C(=O)Nc2ccc(C(=N)NC(=O)OCC)cc2)c(-c2ccc(C(=O)NCC3CC3)nc2C(=O)OCOC(=O)[C@@H](N)C(C)C)cc1OC. The molecule has 15 nitrogen and oxygen atoms in total. The summed E-state index contributed by atoms with van der Waals surface area (Å²) in [4.78, 5) is 68.8. The number of hydrogen-bond acceptors (Lipinski definition) is 12. The zero-order chi connectivity index (χ0) is 37.9. The zero-order valence-corrected chi connectivity index (χ0v) is 29.4. The molecule has 0 aliphatic heterocycles. The van der Waals surface area contributed by atoms with Gasteiger partial charge in [-0.1, -0.05) is 26.5 Å². The maximum Gasteiger partial charge on any atom is 0.412 e. The van der Waals surface area contributed by atoms with Gasteiger partial charge in [-0.05, 0) is 80.1 Å². The highest BCUT2D eigenvalue weighted by Gasteiger charge is 2.27. The predicted molar refractivity (Wildman–Crippen MR) is 192 cm³/mol. The van der Waals surface area contributed by atoms with Crippen molar-refractivity contribution in [1.29, 1.82) is 5.41 Å². The molecule has 52 heavy (non-hydrogen) atoms. The topological polar surface area (TPSA) is 221 Å². The van der Waals surface area contributed by atoms with Crippen LogP contribution in [0.1, 0.15) is 76.1 Å². The molecule has 3 aromatic rings. The highest BCUT2D eigenvalue weighted by Crippen LogP contribution is 2.35. The van der Waals surface area contributed by atoms with E-state index in [4.69, 9.17) is 30.1 Å². The summed E-state index contributed by atoms with van der Waals surface area (Å²) in [5.41, 5.74) is 6.99. The van der Waals surface area contributed by atoms with E-state index in [1.807, 2.05) is 0 Å². The van der Waals surface area contributed by atoms with E-state index in [0.29, 0.717) is 35.0 Å². The molecule has 1 aliphatic rings. The first-order valence-electron chi connectivity index (χ1n) is 16.5. The summed E-state index contributed by atoms with van der Waals surface area (Å²) in [5, 5.41) is 16.0. The number of carbonyl (C=O) groups excluding carboxylic acids is 5. The molecule has 1 fully saturated rings. The Morgan fingerprint density at radius 2 is 1.71 bits per heavy atom. The van der Waals surface area contributed by atoms with Crippen molar-refractivity contribution in [3.8, 4) is 16.9 Å². The van der Waals surface area contributed by atoms with Gasteiger partial charge in [0.15, 0.2) is 5.69 Å². The van der Waals surface area contributed by atoms with Crippen LogP contribution in [0.5, 0.6) is 5.75 Å². The van der Waals surface area contributed by atoms with Gasteiger partial charge in [0.1, 0.15) is 23.3 Å². The number of carbonyl (C=O) groups is 5. The van der Waals surface area contributed by atoms with E-state index in [-0.39, 0.29) is 46.4 Å². The first kappa shape index (κ1) is 38.7. The molecule has 0 spiro atoms. The summed E-state index contributed by atoms with van der Waals surface area (Å²) in [7, 11) is 1.43. The molecule has 6 N–H and O–H groups in total. The summed E-state index contributed by atoms with van der Waals surface area (Å²) in [5.74, 6) is -2.62. The van der Waals surface area contributed by atoms with Crippen LogP contribution in [0.4, 0.5) is 10.5 Å². The molecular weight excluding hydrogens is 672 g/mol. The minimum absolute atomic E-state index is 0.0704. The minimum Gasteiger partial charge on any atom is -0.496 e. The van der Waals surface area contributed by atoms with Gasteiger partial charge in [0.05, 0.1) is 13.7 Å². The molecule has 0 bridgehead atoms. The summed E-state index contributed by atoms with van der Waals surface area (Å²) >= 11 is 0. The van der Waals surface area contributed by atoms with Gasteiger partial charge in [0.25, 0.3) is 11.8 Å². The molecule has 4 rings (SSSR count). The summed E-state index contributed by atoms with van der Waals surface area (Å²) in [6.45, 7) is 8.77. The fourth-order valence-corrected chi connectivity index (χ4v) is 4.79. The van der Waals surface area contributed by atoms with Crippen molar-refractivity contribution >= 4 is 47.4 Å². The van der Waals surface area contributed by atoms with Gasteiger partial charge in [-0.3, -0.25) is 25.1 Å². The molecule has 1 aromatic heterocycles. The number of ether oxygens (including phenoxy) is 4. The molecule has 0 saturated heterocycles. The standard InChI is InChI=1S/C37H42N6O9/c1-6-22-16-27(33(44)41-24-12-10-23(11-13-24)32(39)43-37(48)50-7-2)26(17-29(22)49-5)25-14-15-28(34(45)40-18-21-8-9-21)42-31(25)36(47)52-19-51-35(46)30(38)20(3)4/h6,10-17,20-21,30H,1,7-9,18-19,38H2,2-5H3,(H,40,45)(H,41,44)(H2,39,43,48)/t30-/m0/s1. The molecule has 0 unspecified atom stereocenters. The van der Waals surface area contributed by atoms with Gasteiger partial charge in [-0.2, -0.15) is 0 Å². The average molecular weight is 715 g/mol. The lowest BCUT2D eigenvalue weighted by molar-refractivity contribution is -0.154. The zero-order valence-electron chi connectivity index (χ0n) is 29.4. The minimum atomic E-state index is -1.04. The summed E-state index contributed by atoms with van der Waals surface area (Å²) < 4.78 is 20.7. The van der Waals surface area contributed by atoms with Crippen molar-refractivity contribution in [1.82, 2.24) is 15.6 Å². The fraction of sp³-hybridized carbons (Fsp3) is 0.324. The Hall–Kier alpha value is -6.09. The maximum absolute atomic E-state index is 13.9. The molecule has 15 heteroatoms. The number of alkyl carbamates (subject to hydrolysis) is 1. The molecular formula is C37H42N6O9. The smallest absolute Gasteiger partial charge is 0.412 e. The largest absolute Gasteiger partial charge is 0.496 e. The van der Waals surface area contributed by atoms with E-state index in [2.05, 4.69) is 27.5 Å². The number of nitrogens with one attached hydrogen (secondary N) is 4. The van der Waals surface area contributed by atoms with Gasteiger partial charge < -0.3 is 35.3 Å². The maximum atomic E-state index is 13.9.